The summed E-state index contributed by atoms with van der Waals surface area (Å²) in [7, 11) is 0. The van der Waals surface area contributed by atoms with Gasteiger partial charge < -0.3 is 10.4 Å². The molecule has 5 heteroatoms. The number of nitrogens with one attached hydrogen (secondary N) is 1. The minimum Gasteiger partial charge on any atom is -0.393 e. The number of aliphatic hydroxyl groups is 1. The van der Waals surface area contributed by atoms with Crippen molar-refractivity contribution in [2.24, 2.45) is 5.41 Å². The third kappa shape index (κ3) is 5.71. The lowest BCUT2D eigenvalue weighted by Crippen LogP contribution is -2.35. The highest BCUT2D eigenvalue weighted by molar-refractivity contribution is 5.94. The largest absolute Gasteiger partial charge is 0.393 e. The molecule has 1 unspecified atom stereocenters. The predicted molar refractivity (Wildman–Crippen MR) is 99.7 cm³/mol. The van der Waals surface area contributed by atoms with Gasteiger partial charge in [0.15, 0.2) is 0 Å². The van der Waals surface area contributed by atoms with Crippen molar-refractivity contribution in [2.45, 2.75) is 53.7 Å². The van der Waals surface area contributed by atoms with Crippen molar-refractivity contribution in [1.29, 1.82) is 0 Å². The van der Waals surface area contributed by atoms with Crippen molar-refractivity contribution < 1.29 is 9.90 Å². The second kappa shape index (κ2) is 7.83. The molecule has 25 heavy (non-hydrogen) atoms. The van der Waals surface area contributed by atoms with Gasteiger partial charge in [-0.15, -0.1) is 0 Å². The Labute approximate surface area is 150 Å². The van der Waals surface area contributed by atoms with E-state index in [4.69, 9.17) is 0 Å². The van der Waals surface area contributed by atoms with Crippen LogP contribution in [0.5, 0.6) is 0 Å². The van der Waals surface area contributed by atoms with E-state index in [0.717, 1.165) is 17.0 Å². The van der Waals surface area contributed by atoms with Crippen molar-refractivity contribution in [3.63, 3.8) is 0 Å². The first kappa shape index (κ1) is 19.2. The highest BCUT2D eigenvalue weighted by atomic mass is 16.3. The zero-order valence-electron chi connectivity index (χ0n) is 15.8. The summed E-state index contributed by atoms with van der Waals surface area (Å²) in [6, 6.07) is 9.67. The van der Waals surface area contributed by atoms with Crippen LogP contribution in [0, 0.1) is 19.3 Å². The number of amides is 1. The van der Waals surface area contributed by atoms with Gasteiger partial charge in [0, 0.05) is 17.8 Å². The highest BCUT2D eigenvalue weighted by Crippen LogP contribution is 2.21. The van der Waals surface area contributed by atoms with E-state index in [2.05, 4.69) is 16.5 Å². The van der Waals surface area contributed by atoms with Gasteiger partial charge in [0.2, 0.25) is 0 Å². The number of benzene rings is 1. The molecule has 0 spiro atoms. The zero-order chi connectivity index (χ0) is 18.6. The summed E-state index contributed by atoms with van der Waals surface area (Å²) in [5.74, 6) is -0.0867. The molecule has 0 saturated carbocycles. The van der Waals surface area contributed by atoms with Crippen molar-refractivity contribution in [1.82, 2.24) is 15.1 Å². The van der Waals surface area contributed by atoms with Gasteiger partial charge in [0.25, 0.3) is 5.91 Å². The highest BCUT2D eigenvalue weighted by Gasteiger charge is 2.21. The Bertz CT molecular complexity index is 715. The first-order valence-electron chi connectivity index (χ1n) is 8.72. The maximum atomic E-state index is 12.3. The number of aliphatic hydroxyl groups excluding tert-OH is 1. The molecule has 5 nitrogen and oxygen atoms in total. The molecular weight excluding hydrogens is 314 g/mol. The number of carbonyl (C=O) groups is 1. The molecule has 0 bridgehead atoms. The Morgan fingerprint density at radius 1 is 1.28 bits per heavy atom. The summed E-state index contributed by atoms with van der Waals surface area (Å²) in [6.07, 6.45) is 0.273. The van der Waals surface area contributed by atoms with Gasteiger partial charge in [0.05, 0.1) is 18.3 Å². The Morgan fingerprint density at radius 3 is 2.44 bits per heavy atom. The van der Waals surface area contributed by atoms with Crippen LogP contribution in [-0.2, 0) is 6.54 Å². The summed E-state index contributed by atoms with van der Waals surface area (Å²) in [5.41, 5.74) is 3.74. The smallest absolute Gasteiger partial charge is 0.251 e. The van der Waals surface area contributed by atoms with Gasteiger partial charge in [-0.1, -0.05) is 26.0 Å². The number of hydrogen-bond donors (Lipinski definition) is 2. The molecule has 1 amide bonds. The van der Waals surface area contributed by atoms with Crippen LogP contribution < -0.4 is 5.32 Å². The Morgan fingerprint density at radius 2 is 1.92 bits per heavy atom. The molecule has 0 aliphatic rings. The Balaban J connectivity index is 1.95. The average molecular weight is 343 g/mol. The molecule has 2 rings (SSSR count). The number of carbonyl (C=O) groups excluding carboxylic acids is 1. The van der Waals surface area contributed by atoms with E-state index in [1.807, 2.05) is 56.6 Å². The van der Waals surface area contributed by atoms with Crippen LogP contribution in [0.4, 0.5) is 0 Å². The second-order valence-corrected chi connectivity index (χ2v) is 7.68. The van der Waals surface area contributed by atoms with E-state index < -0.39 is 0 Å². The lowest BCUT2D eigenvalue weighted by molar-refractivity contribution is 0.0902. The third-order valence-corrected chi connectivity index (χ3v) is 4.23. The van der Waals surface area contributed by atoms with Gasteiger partial charge >= 0.3 is 0 Å². The first-order valence-corrected chi connectivity index (χ1v) is 8.72. The fraction of sp³-hybridized carbons (Fsp3) is 0.500. The van der Waals surface area contributed by atoms with E-state index in [0.29, 0.717) is 25.1 Å². The minimum absolute atomic E-state index is 0.0867. The van der Waals surface area contributed by atoms with Gasteiger partial charge in [-0.25, -0.2) is 0 Å². The molecule has 0 aliphatic carbocycles. The molecule has 2 N–H and O–H groups in total. The molecule has 0 aliphatic heterocycles. The maximum absolute atomic E-state index is 12.3. The van der Waals surface area contributed by atoms with Gasteiger partial charge in [-0.05, 0) is 56.4 Å². The lowest BCUT2D eigenvalue weighted by Gasteiger charge is -2.26. The quantitative estimate of drug-likeness (QED) is 0.812. The molecule has 1 aromatic heterocycles. The Kier molecular flexibility index (Phi) is 6.01. The van der Waals surface area contributed by atoms with E-state index in [-0.39, 0.29) is 17.4 Å². The molecule has 136 valence electrons. The van der Waals surface area contributed by atoms with E-state index in [1.54, 1.807) is 6.92 Å². The van der Waals surface area contributed by atoms with Crippen molar-refractivity contribution >= 4 is 5.91 Å². The van der Waals surface area contributed by atoms with Crippen LogP contribution in [0.15, 0.2) is 30.3 Å². The fourth-order valence-corrected chi connectivity index (χ4v) is 3.06. The van der Waals surface area contributed by atoms with E-state index in [9.17, 15) is 9.90 Å². The lowest BCUT2D eigenvalue weighted by atomic mass is 9.87. The minimum atomic E-state index is -0.374. The molecule has 1 atom stereocenters. The van der Waals surface area contributed by atoms with Crippen LogP contribution in [0.3, 0.4) is 0 Å². The van der Waals surface area contributed by atoms with Crippen molar-refractivity contribution in [2.75, 3.05) is 6.54 Å². The summed E-state index contributed by atoms with van der Waals surface area (Å²) in [6.45, 7) is 11.1. The van der Waals surface area contributed by atoms with Crippen molar-refractivity contribution in [3.8, 4) is 0 Å². The summed E-state index contributed by atoms with van der Waals surface area (Å²) >= 11 is 0. The maximum Gasteiger partial charge on any atom is 0.251 e. The summed E-state index contributed by atoms with van der Waals surface area (Å²) < 4.78 is 1.96. The molecule has 0 saturated heterocycles. The molecule has 0 fully saturated rings. The van der Waals surface area contributed by atoms with Crippen LogP contribution >= 0.6 is 0 Å². The average Bonchev–Trinajstić information content (AvgIpc) is 2.82. The number of hydrogen-bond acceptors (Lipinski definition) is 3. The molecule has 2 aromatic rings. The van der Waals surface area contributed by atoms with Gasteiger partial charge in [-0.2, -0.15) is 5.10 Å². The summed E-state index contributed by atoms with van der Waals surface area (Å²) in [5, 5.41) is 16.9. The normalized spacial score (nSPS) is 12.9. The SMILES string of the molecule is Cc1cc(C)n(Cc2ccc(C(=O)NCC(C)(C)CC(C)O)cc2)n1. The van der Waals surface area contributed by atoms with Crippen LogP contribution in [-0.4, -0.2) is 33.4 Å². The zero-order valence-corrected chi connectivity index (χ0v) is 15.8. The second-order valence-electron chi connectivity index (χ2n) is 7.68. The topological polar surface area (TPSA) is 67.2 Å². The predicted octanol–water partition coefficient (Wildman–Crippen LogP) is 3.08. The number of aryl methyl sites for hydroxylation is 2. The molecule has 1 heterocycles. The standard InChI is InChI=1S/C20H29N3O2/c1-14-10-15(2)23(22-14)12-17-6-8-18(9-7-17)19(25)21-13-20(4,5)11-16(3)24/h6-10,16,24H,11-13H2,1-5H3,(H,21,25). The van der Waals surface area contributed by atoms with Crippen molar-refractivity contribution in [3.05, 3.63) is 52.8 Å². The molecule has 0 radical (unpaired) electrons. The van der Waals surface area contributed by atoms with Gasteiger partial charge in [0.1, 0.15) is 0 Å². The number of aromatic nitrogens is 2. The monoisotopic (exact) mass is 343 g/mol. The fourth-order valence-electron chi connectivity index (χ4n) is 3.06. The third-order valence-electron chi connectivity index (χ3n) is 4.23. The van der Waals surface area contributed by atoms with Crippen LogP contribution in [0.2, 0.25) is 0 Å². The Hall–Kier alpha value is -2.14. The number of nitrogens with zero attached hydrogens (tertiary/aromatic N) is 2. The van der Waals surface area contributed by atoms with E-state index in [1.165, 1.54) is 0 Å². The first-order chi connectivity index (χ1) is 11.7. The van der Waals surface area contributed by atoms with Crippen LogP contribution in [0.25, 0.3) is 0 Å². The number of rotatable bonds is 7. The van der Waals surface area contributed by atoms with Crippen LogP contribution in [0.1, 0.15) is 54.5 Å². The summed E-state index contributed by atoms with van der Waals surface area (Å²) in [4.78, 5) is 12.3. The van der Waals surface area contributed by atoms with Gasteiger partial charge in [-0.3, -0.25) is 9.48 Å². The van der Waals surface area contributed by atoms with E-state index >= 15 is 0 Å². The molecular formula is C20H29N3O2. The molecule has 1 aromatic carbocycles.